The molecular weight excluding hydrogens is 610 g/mol. The van der Waals surface area contributed by atoms with Gasteiger partial charge in [-0.25, -0.2) is 13.6 Å². The summed E-state index contributed by atoms with van der Waals surface area (Å²) in [5.41, 5.74) is 9.08. The Morgan fingerprint density at radius 3 is 1.98 bits per heavy atom. The van der Waals surface area contributed by atoms with Crippen molar-refractivity contribution in [2.45, 2.75) is 51.4 Å². The molecule has 0 spiro atoms. The van der Waals surface area contributed by atoms with Crippen LogP contribution in [0, 0.1) is 11.6 Å². The average molecular weight is 648 g/mol. The number of nitrogens with two attached hydrogens (primary N) is 1. The molecule has 12 heteroatoms. The highest BCUT2D eigenvalue weighted by molar-refractivity contribution is 6.12. The van der Waals surface area contributed by atoms with Gasteiger partial charge in [0.1, 0.15) is 17.3 Å². The fraction of sp³-hybridized carbons (Fsp3) is 0.229. The van der Waals surface area contributed by atoms with Gasteiger partial charge in [0.25, 0.3) is 5.91 Å². The Balaban J connectivity index is 1.91. The van der Waals surface area contributed by atoms with Crippen molar-refractivity contribution < 1.29 is 44.1 Å². The van der Waals surface area contributed by atoms with Crippen molar-refractivity contribution in [3.8, 4) is 22.3 Å². The summed E-state index contributed by atoms with van der Waals surface area (Å²) < 4.78 is 30.0. The van der Waals surface area contributed by atoms with Gasteiger partial charge < -0.3 is 25.8 Å². The first-order chi connectivity index (χ1) is 22.4. The van der Waals surface area contributed by atoms with Crippen molar-refractivity contribution >= 4 is 29.5 Å². The van der Waals surface area contributed by atoms with Crippen LogP contribution in [-0.4, -0.2) is 44.8 Å². The first kappa shape index (κ1) is 34.7. The van der Waals surface area contributed by atoms with Gasteiger partial charge in [-0.1, -0.05) is 42.5 Å². The van der Waals surface area contributed by atoms with Gasteiger partial charge in [-0.2, -0.15) is 5.90 Å². The van der Waals surface area contributed by atoms with Crippen LogP contribution < -0.4 is 16.9 Å². The van der Waals surface area contributed by atoms with Crippen LogP contribution in [0.25, 0.3) is 28.3 Å². The predicted octanol–water partition coefficient (Wildman–Crippen LogP) is 4.18. The van der Waals surface area contributed by atoms with Gasteiger partial charge in [0.05, 0.1) is 25.0 Å². The van der Waals surface area contributed by atoms with E-state index in [0.717, 1.165) is 0 Å². The second-order valence-electron chi connectivity index (χ2n) is 11.3. The summed E-state index contributed by atoms with van der Waals surface area (Å²) in [7, 11) is 0. The molecule has 246 valence electrons. The van der Waals surface area contributed by atoms with Gasteiger partial charge in [-0.05, 0) is 73.0 Å². The van der Waals surface area contributed by atoms with Crippen LogP contribution in [0.2, 0.25) is 0 Å². The summed E-state index contributed by atoms with van der Waals surface area (Å²) in [6, 6.07) is 17.6. The molecule has 0 saturated heterocycles. The summed E-state index contributed by atoms with van der Waals surface area (Å²) >= 11 is 0. The first-order valence-electron chi connectivity index (χ1n) is 14.9. The van der Waals surface area contributed by atoms with Gasteiger partial charge in [0, 0.05) is 35.0 Å². The summed E-state index contributed by atoms with van der Waals surface area (Å²) in [4.78, 5) is 41.4. The molecule has 1 aromatic heterocycles. The van der Waals surface area contributed by atoms with E-state index >= 15 is 0 Å². The van der Waals surface area contributed by atoms with Crippen LogP contribution in [0.3, 0.4) is 0 Å². The van der Waals surface area contributed by atoms with Crippen molar-refractivity contribution in [1.29, 1.82) is 0 Å². The van der Waals surface area contributed by atoms with Crippen LogP contribution in [-0.2, 0) is 20.8 Å². The Kier molecular flexibility index (Phi) is 11.4. The van der Waals surface area contributed by atoms with E-state index in [1.165, 1.54) is 42.5 Å². The Hall–Kier alpha value is -5.17. The van der Waals surface area contributed by atoms with Crippen LogP contribution in [0.1, 0.15) is 54.5 Å². The molecule has 3 aromatic carbocycles. The number of primary amides is 1. The summed E-state index contributed by atoms with van der Waals surface area (Å²) in [6.45, 7) is 3.72. The number of nitrogens with one attached hydrogen (secondary N) is 1. The largest absolute Gasteiger partial charge is 0.392 e. The molecule has 2 unspecified atom stereocenters. The van der Waals surface area contributed by atoms with Gasteiger partial charge in [0.2, 0.25) is 5.91 Å². The van der Waals surface area contributed by atoms with E-state index in [2.05, 4.69) is 16.1 Å². The highest BCUT2D eigenvalue weighted by Gasteiger charge is 2.30. The molecule has 8 N–H and O–H groups in total. The SMILES string of the molecule is CC(C)n1c(C=CC(O)CC(O)CC(=O)O[NH3+])c(-c2ccc(F)cc2)c(-c2ccc(F)cc2)c1C(=O)Nc1ccc(CC(N)=O)cc1. The van der Waals surface area contributed by atoms with Gasteiger partial charge >= 0.3 is 5.97 Å². The minimum absolute atomic E-state index is 0.0403. The zero-order valence-electron chi connectivity index (χ0n) is 26.0. The average Bonchev–Trinajstić information content (AvgIpc) is 3.37. The zero-order valence-corrected chi connectivity index (χ0v) is 26.0. The molecule has 0 aliphatic rings. The predicted molar refractivity (Wildman–Crippen MR) is 172 cm³/mol. The monoisotopic (exact) mass is 647 g/mol. The highest BCUT2D eigenvalue weighted by atomic mass is 19.1. The molecule has 4 rings (SSSR count). The third-order valence-corrected chi connectivity index (χ3v) is 7.38. The number of carbonyl (C=O) groups excluding carboxylic acids is 3. The van der Waals surface area contributed by atoms with Crippen molar-refractivity contribution in [3.05, 3.63) is 107 Å². The quantitative estimate of drug-likeness (QED) is 0.136. The minimum atomic E-state index is -1.21. The molecule has 2 atom stereocenters. The maximum atomic E-state index is 14.2. The summed E-state index contributed by atoms with van der Waals surface area (Å²) in [5.74, 6) is 0.341. The molecule has 0 aliphatic heterocycles. The molecule has 1 heterocycles. The molecule has 10 nitrogen and oxygen atoms in total. The smallest absolute Gasteiger partial charge is 0.368 e. The number of hydrogen-bond acceptors (Lipinski definition) is 6. The van der Waals surface area contributed by atoms with Crippen LogP contribution in [0.15, 0.2) is 78.9 Å². The molecule has 0 aliphatic carbocycles. The van der Waals surface area contributed by atoms with Gasteiger partial charge in [-0.3, -0.25) is 14.4 Å². The number of nitrogens with zero attached hydrogens (tertiary/aromatic N) is 1. The topological polar surface area (TPSA) is 172 Å². The van der Waals surface area contributed by atoms with Crippen LogP contribution >= 0.6 is 0 Å². The number of quaternary nitrogens is 1. The van der Waals surface area contributed by atoms with E-state index in [-0.39, 0.29) is 31.0 Å². The number of amides is 2. The number of aliphatic hydroxyl groups excluding tert-OH is 2. The number of aliphatic hydroxyl groups is 2. The lowest BCUT2D eigenvalue weighted by Gasteiger charge is -2.17. The number of halogens is 2. The molecule has 0 radical (unpaired) electrons. The molecule has 0 saturated carbocycles. The number of carbonyl (C=O) groups is 3. The number of benzene rings is 3. The normalized spacial score (nSPS) is 12.7. The molecular formula is C35H37F2N4O6+. The van der Waals surface area contributed by atoms with Crippen molar-refractivity contribution in [2.75, 3.05) is 5.32 Å². The fourth-order valence-corrected chi connectivity index (χ4v) is 5.33. The molecule has 0 bridgehead atoms. The minimum Gasteiger partial charge on any atom is -0.392 e. The van der Waals surface area contributed by atoms with Crippen molar-refractivity contribution in [1.82, 2.24) is 4.57 Å². The van der Waals surface area contributed by atoms with Crippen molar-refractivity contribution in [3.63, 3.8) is 0 Å². The second-order valence-corrected chi connectivity index (χ2v) is 11.3. The standard InChI is InChI=1S/C35H36F2N4O6/c1-20(2)41-29(16-15-27(42)18-28(43)19-31(45)47-39)32(22-5-9-24(36)10-6-22)33(23-7-11-25(37)12-8-23)34(41)35(46)40-26-13-3-21(4-14-26)17-30(38)44/h3-16,20,27-28,42-43H,17-19H2,1-2,39H3,(H2-,38,40,44,46)/p+1. The lowest BCUT2D eigenvalue weighted by atomic mass is 9.94. The van der Waals surface area contributed by atoms with E-state index < -0.39 is 41.6 Å². The summed E-state index contributed by atoms with van der Waals surface area (Å²) in [6.07, 6.45) is 0.0985. The lowest BCUT2D eigenvalue weighted by Crippen LogP contribution is -2.51. The maximum Gasteiger partial charge on any atom is 0.368 e. The van der Waals surface area contributed by atoms with Gasteiger partial charge in [-0.15, -0.1) is 0 Å². The van der Waals surface area contributed by atoms with E-state index in [9.17, 15) is 33.4 Å². The molecule has 0 fully saturated rings. The zero-order chi connectivity index (χ0) is 34.2. The Morgan fingerprint density at radius 1 is 0.915 bits per heavy atom. The first-order valence-corrected chi connectivity index (χ1v) is 14.9. The van der Waals surface area contributed by atoms with E-state index in [0.29, 0.717) is 39.2 Å². The van der Waals surface area contributed by atoms with Gasteiger partial charge in [0.15, 0.2) is 0 Å². The maximum absolute atomic E-state index is 14.2. The second kappa shape index (κ2) is 15.4. The fourth-order valence-electron chi connectivity index (χ4n) is 5.33. The van der Waals surface area contributed by atoms with Crippen LogP contribution in [0.5, 0.6) is 0 Å². The lowest BCUT2D eigenvalue weighted by molar-refractivity contribution is -0.657. The number of aromatic nitrogens is 1. The van der Waals surface area contributed by atoms with Crippen LogP contribution in [0.4, 0.5) is 14.5 Å². The Bertz CT molecular complexity index is 1750. The highest BCUT2D eigenvalue weighted by Crippen LogP contribution is 2.43. The summed E-state index contributed by atoms with van der Waals surface area (Å²) in [5, 5.41) is 23.9. The van der Waals surface area contributed by atoms with Crippen molar-refractivity contribution in [2.24, 2.45) is 5.73 Å². The molecule has 2 amide bonds. The Labute approximate surface area is 270 Å². The molecule has 4 aromatic rings. The number of hydrogen-bond donors (Lipinski definition) is 5. The number of anilines is 1. The molecule has 47 heavy (non-hydrogen) atoms. The number of rotatable bonds is 13. The third-order valence-electron chi connectivity index (χ3n) is 7.38. The van der Waals surface area contributed by atoms with E-state index in [1.54, 1.807) is 47.0 Å². The third kappa shape index (κ3) is 8.76. The van der Waals surface area contributed by atoms with E-state index in [4.69, 9.17) is 5.73 Å². The van der Waals surface area contributed by atoms with E-state index in [1.807, 2.05) is 13.8 Å². The Morgan fingerprint density at radius 2 is 1.47 bits per heavy atom.